The van der Waals surface area contributed by atoms with Crippen LogP contribution < -0.4 is 0 Å². The lowest BCUT2D eigenvalue weighted by molar-refractivity contribution is -0.137. The van der Waals surface area contributed by atoms with Crippen LogP contribution in [0.2, 0.25) is 0 Å². The second-order valence-corrected chi connectivity index (χ2v) is 5.74. The van der Waals surface area contributed by atoms with E-state index in [9.17, 15) is 13.2 Å². The van der Waals surface area contributed by atoms with Gasteiger partial charge in [0.15, 0.2) is 0 Å². The lowest BCUT2D eigenvalue weighted by Gasteiger charge is -2.02. The molecular formula is C9H18O5S. The normalized spacial score (nSPS) is 11.5. The van der Waals surface area contributed by atoms with Gasteiger partial charge in [-0.05, 0) is 19.3 Å². The highest BCUT2D eigenvalue weighted by Gasteiger charge is 2.09. The number of carboxylic acids is 1. The van der Waals surface area contributed by atoms with E-state index in [1.165, 1.54) is 0 Å². The second kappa shape index (κ2) is 7.64. The number of carbonyl (C=O) groups is 1. The Balaban J connectivity index is 3.53. The molecule has 0 aliphatic carbocycles. The molecule has 0 aliphatic rings. The average Bonchev–Trinajstić information content (AvgIpc) is 2.14. The van der Waals surface area contributed by atoms with E-state index in [1.54, 1.807) is 0 Å². The van der Waals surface area contributed by atoms with Gasteiger partial charge in [0.05, 0.1) is 11.5 Å². The smallest absolute Gasteiger partial charge is 0.303 e. The number of hydrogen-bond donors (Lipinski definition) is 2. The van der Waals surface area contributed by atoms with Crippen molar-refractivity contribution in [2.75, 3.05) is 18.1 Å². The Morgan fingerprint density at radius 2 is 1.60 bits per heavy atom. The minimum Gasteiger partial charge on any atom is -0.481 e. The van der Waals surface area contributed by atoms with Crippen LogP contribution in [0.25, 0.3) is 0 Å². The zero-order chi connectivity index (χ0) is 11.7. The highest BCUT2D eigenvalue weighted by atomic mass is 32.2. The Kier molecular flexibility index (Phi) is 7.33. The van der Waals surface area contributed by atoms with Crippen molar-refractivity contribution in [2.45, 2.75) is 32.1 Å². The summed E-state index contributed by atoms with van der Waals surface area (Å²) in [6, 6.07) is 0. The number of aliphatic hydroxyl groups excluding tert-OH is 1. The van der Waals surface area contributed by atoms with Gasteiger partial charge < -0.3 is 10.2 Å². The Bertz CT molecular complexity index is 270. The maximum Gasteiger partial charge on any atom is 0.303 e. The number of carboxylic acid groups (broad SMARTS) is 1. The van der Waals surface area contributed by atoms with E-state index < -0.39 is 15.8 Å². The third-order valence-corrected chi connectivity index (χ3v) is 3.78. The Labute approximate surface area is 90.0 Å². The van der Waals surface area contributed by atoms with Crippen LogP contribution in [0, 0.1) is 0 Å². The van der Waals surface area contributed by atoms with Crippen LogP contribution in [0.4, 0.5) is 0 Å². The quantitative estimate of drug-likeness (QED) is 0.568. The number of aliphatic carboxylic acids is 1. The van der Waals surface area contributed by atoms with E-state index in [0.717, 1.165) is 0 Å². The maximum atomic E-state index is 11.3. The van der Waals surface area contributed by atoms with Crippen LogP contribution in [-0.4, -0.2) is 42.7 Å². The zero-order valence-electron chi connectivity index (χ0n) is 8.68. The van der Waals surface area contributed by atoms with Crippen molar-refractivity contribution in [3.63, 3.8) is 0 Å². The topological polar surface area (TPSA) is 91.7 Å². The molecule has 0 spiro atoms. The van der Waals surface area contributed by atoms with Crippen molar-refractivity contribution in [3.05, 3.63) is 0 Å². The van der Waals surface area contributed by atoms with E-state index in [0.29, 0.717) is 19.3 Å². The van der Waals surface area contributed by atoms with E-state index in [2.05, 4.69) is 0 Å². The summed E-state index contributed by atoms with van der Waals surface area (Å²) in [5.74, 6) is -0.743. The fraction of sp³-hybridized carbons (Fsp3) is 0.889. The molecule has 0 aromatic heterocycles. The first kappa shape index (κ1) is 14.4. The summed E-state index contributed by atoms with van der Waals surface area (Å²) in [6.07, 6.45) is 2.00. The molecule has 0 bridgehead atoms. The summed E-state index contributed by atoms with van der Waals surface area (Å²) in [5, 5.41) is 16.8. The van der Waals surface area contributed by atoms with Gasteiger partial charge >= 0.3 is 5.97 Å². The Hall–Kier alpha value is -0.620. The molecule has 0 radical (unpaired) electrons. The molecule has 0 saturated carbocycles. The van der Waals surface area contributed by atoms with Crippen molar-refractivity contribution in [3.8, 4) is 0 Å². The third-order valence-electron chi connectivity index (χ3n) is 1.96. The summed E-state index contributed by atoms with van der Waals surface area (Å²) < 4.78 is 22.5. The standard InChI is InChI=1S/C9H18O5S/c10-6-4-8-15(13,14)7-3-1-2-5-9(11)12/h10H,1-8H2,(H,11,12). The van der Waals surface area contributed by atoms with Gasteiger partial charge in [-0.3, -0.25) is 4.79 Å². The van der Waals surface area contributed by atoms with Crippen LogP contribution >= 0.6 is 0 Å². The summed E-state index contributed by atoms with van der Waals surface area (Å²) in [5.41, 5.74) is 0. The molecule has 0 aromatic rings. The monoisotopic (exact) mass is 238 g/mol. The summed E-state index contributed by atoms with van der Waals surface area (Å²) in [6.45, 7) is -0.113. The van der Waals surface area contributed by atoms with Gasteiger partial charge in [0.2, 0.25) is 0 Å². The lowest BCUT2D eigenvalue weighted by Crippen LogP contribution is -2.12. The van der Waals surface area contributed by atoms with Gasteiger partial charge in [-0.25, -0.2) is 8.42 Å². The molecule has 6 heteroatoms. The average molecular weight is 238 g/mol. The van der Waals surface area contributed by atoms with Crippen molar-refractivity contribution < 1.29 is 23.4 Å². The molecule has 90 valence electrons. The van der Waals surface area contributed by atoms with Crippen LogP contribution in [0.15, 0.2) is 0 Å². The molecule has 0 rings (SSSR count). The molecule has 0 aliphatic heterocycles. The molecule has 0 atom stereocenters. The Morgan fingerprint density at radius 3 is 2.13 bits per heavy atom. The first-order valence-electron chi connectivity index (χ1n) is 5.01. The zero-order valence-corrected chi connectivity index (χ0v) is 9.50. The number of hydrogen-bond acceptors (Lipinski definition) is 4. The van der Waals surface area contributed by atoms with Crippen LogP contribution in [0.5, 0.6) is 0 Å². The number of rotatable bonds is 9. The number of aliphatic hydroxyl groups is 1. The molecule has 0 amide bonds. The predicted octanol–water partition coefficient (Wildman–Crippen LogP) is 0.429. The summed E-state index contributed by atoms with van der Waals surface area (Å²) in [7, 11) is -3.05. The molecule has 5 nitrogen and oxygen atoms in total. The van der Waals surface area contributed by atoms with Gasteiger partial charge in [-0.2, -0.15) is 0 Å². The summed E-state index contributed by atoms with van der Waals surface area (Å²) in [4.78, 5) is 10.2. The largest absolute Gasteiger partial charge is 0.481 e. The van der Waals surface area contributed by atoms with Crippen molar-refractivity contribution in [1.82, 2.24) is 0 Å². The van der Waals surface area contributed by atoms with E-state index >= 15 is 0 Å². The molecular weight excluding hydrogens is 220 g/mol. The number of unbranched alkanes of at least 4 members (excludes halogenated alkanes) is 2. The van der Waals surface area contributed by atoms with E-state index in [-0.39, 0.29) is 31.0 Å². The molecule has 2 N–H and O–H groups in total. The van der Waals surface area contributed by atoms with Gasteiger partial charge in [0, 0.05) is 13.0 Å². The minimum atomic E-state index is -3.05. The molecule has 0 saturated heterocycles. The molecule has 0 unspecified atom stereocenters. The van der Waals surface area contributed by atoms with Gasteiger partial charge in [0.1, 0.15) is 9.84 Å². The van der Waals surface area contributed by atoms with Gasteiger partial charge in [-0.1, -0.05) is 6.42 Å². The fourth-order valence-electron chi connectivity index (χ4n) is 1.16. The van der Waals surface area contributed by atoms with Crippen LogP contribution in [0.3, 0.4) is 0 Å². The molecule has 0 fully saturated rings. The van der Waals surface area contributed by atoms with Crippen LogP contribution in [-0.2, 0) is 14.6 Å². The first-order valence-corrected chi connectivity index (χ1v) is 6.83. The Morgan fingerprint density at radius 1 is 1.00 bits per heavy atom. The SMILES string of the molecule is O=C(O)CCCCCS(=O)(=O)CCCO. The fourth-order valence-corrected chi connectivity index (χ4v) is 2.58. The van der Waals surface area contributed by atoms with E-state index in [1.807, 2.05) is 0 Å². The first-order chi connectivity index (χ1) is 6.98. The van der Waals surface area contributed by atoms with E-state index in [4.69, 9.17) is 10.2 Å². The molecule has 0 heterocycles. The minimum absolute atomic E-state index is 0.0163. The van der Waals surface area contributed by atoms with Crippen molar-refractivity contribution >= 4 is 15.8 Å². The third kappa shape index (κ3) is 9.68. The predicted molar refractivity (Wildman–Crippen MR) is 56.5 cm³/mol. The highest BCUT2D eigenvalue weighted by molar-refractivity contribution is 7.91. The van der Waals surface area contributed by atoms with Gasteiger partial charge in [0.25, 0.3) is 0 Å². The lowest BCUT2D eigenvalue weighted by atomic mass is 10.2. The van der Waals surface area contributed by atoms with Crippen LogP contribution in [0.1, 0.15) is 32.1 Å². The highest BCUT2D eigenvalue weighted by Crippen LogP contribution is 2.04. The molecule has 15 heavy (non-hydrogen) atoms. The van der Waals surface area contributed by atoms with Gasteiger partial charge in [-0.15, -0.1) is 0 Å². The maximum absolute atomic E-state index is 11.3. The van der Waals surface area contributed by atoms with Crippen molar-refractivity contribution in [1.29, 1.82) is 0 Å². The summed E-state index contributed by atoms with van der Waals surface area (Å²) >= 11 is 0. The number of sulfone groups is 1. The second-order valence-electron chi connectivity index (χ2n) is 3.43. The van der Waals surface area contributed by atoms with Crippen molar-refractivity contribution in [2.24, 2.45) is 0 Å². The molecule has 0 aromatic carbocycles.